The number of ether oxygens (including phenoxy) is 1. The summed E-state index contributed by atoms with van der Waals surface area (Å²) in [4.78, 5) is 17.0. The molecule has 1 aromatic heterocycles. The Balaban J connectivity index is 1.47. The van der Waals surface area contributed by atoms with Gasteiger partial charge in [0.2, 0.25) is 5.89 Å². The minimum absolute atomic E-state index is 0.205. The first-order valence-corrected chi connectivity index (χ1v) is 11.1. The van der Waals surface area contributed by atoms with Crippen LogP contribution in [0.5, 0.6) is 5.75 Å². The van der Waals surface area contributed by atoms with Crippen LogP contribution in [0.4, 0.5) is 5.69 Å². The molecule has 0 bridgehead atoms. The van der Waals surface area contributed by atoms with E-state index >= 15 is 0 Å². The zero-order chi connectivity index (χ0) is 22.7. The topological polar surface area (TPSA) is 76.4 Å². The second-order valence-corrected chi connectivity index (χ2v) is 8.27. The predicted molar refractivity (Wildman–Crippen MR) is 133 cm³/mol. The van der Waals surface area contributed by atoms with Crippen LogP contribution in [0, 0.1) is 0 Å². The molecule has 0 saturated carbocycles. The van der Waals surface area contributed by atoms with Gasteiger partial charge in [0.25, 0.3) is 5.91 Å². The number of carbonyl (C=O) groups is 1. The van der Waals surface area contributed by atoms with Crippen molar-refractivity contribution in [3.63, 3.8) is 0 Å². The summed E-state index contributed by atoms with van der Waals surface area (Å²) in [5.41, 5.74) is 4.54. The van der Waals surface area contributed by atoms with Crippen LogP contribution >= 0.6 is 28.1 Å². The molecule has 4 aromatic rings. The van der Waals surface area contributed by atoms with Crippen molar-refractivity contribution in [2.45, 2.75) is 13.3 Å². The third kappa shape index (κ3) is 4.81. The smallest absolute Gasteiger partial charge is 0.257 e. The van der Waals surface area contributed by atoms with Gasteiger partial charge in [-0.15, -0.1) is 0 Å². The molecule has 3 aromatic carbocycles. The van der Waals surface area contributed by atoms with Crippen LogP contribution in [0.2, 0.25) is 0 Å². The molecule has 0 fully saturated rings. The summed E-state index contributed by atoms with van der Waals surface area (Å²) in [6.07, 6.45) is 0.920. The van der Waals surface area contributed by atoms with Crippen LogP contribution in [-0.4, -0.2) is 23.1 Å². The molecule has 0 aliphatic carbocycles. The van der Waals surface area contributed by atoms with Gasteiger partial charge in [-0.05, 0) is 88.7 Å². The van der Waals surface area contributed by atoms with Gasteiger partial charge in [-0.2, -0.15) is 0 Å². The number of amides is 1. The second kappa shape index (κ2) is 9.50. The molecule has 8 heteroatoms. The van der Waals surface area contributed by atoms with E-state index in [1.807, 2.05) is 42.5 Å². The Kier molecular flexibility index (Phi) is 6.53. The number of halogens is 1. The lowest BCUT2D eigenvalue weighted by Gasteiger charge is -2.09. The summed E-state index contributed by atoms with van der Waals surface area (Å²) in [6.45, 7) is 2.07. The number of rotatable bonds is 5. The van der Waals surface area contributed by atoms with E-state index in [-0.39, 0.29) is 11.0 Å². The number of benzene rings is 3. The van der Waals surface area contributed by atoms with E-state index in [1.54, 1.807) is 25.3 Å². The normalized spacial score (nSPS) is 10.7. The lowest BCUT2D eigenvalue weighted by Crippen LogP contribution is -2.34. The molecule has 0 aliphatic rings. The first kappa shape index (κ1) is 22.0. The number of hydrogen-bond donors (Lipinski definition) is 2. The minimum atomic E-state index is -0.264. The summed E-state index contributed by atoms with van der Waals surface area (Å²) in [7, 11) is 1.61. The van der Waals surface area contributed by atoms with Crippen LogP contribution in [0.3, 0.4) is 0 Å². The first-order chi connectivity index (χ1) is 15.5. The van der Waals surface area contributed by atoms with Gasteiger partial charge in [-0.3, -0.25) is 10.1 Å². The summed E-state index contributed by atoms with van der Waals surface area (Å²) in [5.74, 6) is 0.958. The molecule has 1 heterocycles. The Morgan fingerprint density at radius 1 is 1.12 bits per heavy atom. The Hall–Kier alpha value is -3.23. The number of methoxy groups -OCH3 is 1. The Morgan fingerprint density at radius 2 is 1.91 bits per heavy atom. The maximum absolute atomic E-state index is 12.4. The molecule has 2 N–H and O–H groups in total. The molecular weight excluding hydrogens is 490 g/mol. The number of nitrogens with zero attached hydrogens (tertiary/aromatic N) is 1. The number of hydrogen-bond acceptors (Lipinski definition) is 5. The zero-order valence-electron chi connectivity index (χ0n) is 17.4. The standard InChI is InChI=1S/C24H20BrN3O3S/c1-3-14-4-6-15(7-5-14)22(29)28-24(32)26-17-9-11-21-19(13-17)27-23(31-21)16-8-10-20(30-2)18(25)12-16/h4-13H,3H2,1-2H3,(H2,26,28,29,32). The van der Waals surface area contributed by atoms with E-state index in [4.69, 9.17) is 21.4 Å². The van der Waals surface area contributed by atoms with E-state index in [2.05, 4.69) is 38.5 Å². The van der Waals surface area contributed by atoms with Crippen molar-refractivity contribution >= 4 is 56.0 Å². The maximum Gasteiger partial charge on any atom is 0.257 e. The third-order valence-electron chi connectivity index (χ3n) is 4.90. The Bertz CT molecular complexity index is 1300. The van der Waals surface area contributed by atoms with E-state index in [0.29, 0.717) is 28.2 Å². The van der Waals surface area contributed by atoms with Crippen LogP contribution in [-0.2, 0) is 6.42 Å². The van der Waals surface area contributed by atoms with Gasteiger partial charge >= 0.3 is 0 Å². The second-order valence-electron chi connectivity index (χ2n) is 7.01. The van der Waals surface area contributed by atoms with Crippen molar-refractivity contribution in [1.82, 2.24) is 10.3 Å². The first-order valence-electron chi connectivity index (χ1n) is 9.92. The number of anilines is 1. The number of nitrogens with one attached hydrogen (secondary N) is 2. The van der Waals surface area contributed by atoms with Crippen LogP contribution in [0.1, 0.15) is 22.8 Å². The summed E-state index contributed by atoms with van der Waals surface area (Å²) < 4.78 is 12.0. The van der Waals surface area contributed by atoms with Gasteiger partial charge in [0.15, 0.2) is 10.7 Å². The van der Waals surface area contributed by atoms with Crippen LogP contribution < -0.4 is 15.4 Å². The monoisotopic (exact) mass is 509 g/mol. The van der Waals surface area contributed by atoms with Gasteiger partial charge < -0.3 is 14.5 Å². The molecule has 0 aliphatic heterocycles. The van der Waals surface area contributed by atoms with Gasteiger partial charge in [0.05, 0.1) is 11.6 Å². The highest BCUT2D eigenvalue weighted by atomic mass is 79.9. The molecule has 0 atom stereocenters. The lowest BCUT2D eigenvalue weighted by molar-refractivity contribution is 0.0977. The zero-order valence-corrected chi connectivity index (χ0v) is 19.8. The van der Waals surface area contributed by atoms with Gasteiger partial charge in [0.1, 0.15) is 11.3 Å². The molecule has 1 amide bonds. The van der Waals surface area contributed by atoms with Crippen molar-refractivity contribution in [3.8, 4) is 17.2 Å². The van der Waals surface area contributed by atoms with E-state index in [0.717, 1.165) is 22.2 Å². The van der Waals surface area contributed by atoms with E-state index in [1.165, 1.54) is 5.56 Å². The summed E-state index contributed by atoms with van der Waals surface area (Å²) >= 11 is 8.78. The molecule has 4 rings (SSSR count). The maximum atomic E-state index is 12.4. The van der Waals surface area contributed by atoms with Crippen molar-refractivity contribution in [1.29, 1.82) is 0 Å². The molecule has 0 saturated heterocycles. The predicted octanol–water partition coefficient (Wildman–Crippen LogP) is 5.96. The average Bonchev–Trinajstić information content (AvgIpc) is 3.22. The highest BCUT2D eigenvalue weighted by Gasteiger charge is 2.12. The summed E-state index contributed by atoms with van der Waals surface area (Å²) in [5, 5.41) is 5.93. The molecule has 0 spiro atoms. The minimum Gasteiger partial charge on any atom is -0.496 e. The molecule has 6 nitrogen and oxygen atoms in total. The fourth-order valence-corrected chi connectivity index (χ4v) is 3.91. The quantitative estimate of drug-likeness (QED) is 0.323. The number of aromatic nitrogens is 1. The fourth-order valence-electron chi connectivity index (χ4n) is 3.16. The van der Waals surface area contributed by atoms with Crippen molar-refractivity contribution in [3.05, 3.63) is 76.3 Å². The molecule has 0 unspecified atom stereocenters. The highest BCUT2D eigenvalue weighted by molar-refractivity contribution is 9.10. The number of aryl methyl sites for hydroxylation is 1. The molecule has 32 heavy (non-hydrogen) atoms. The van der Waals surface area contributed by atoms with Gasteiger partial charge in [-0.25, -0.2) is 4.98 Å². The van der Waals surface area contributed by atoms with E-state index in [9.17, 15) is 4.79 Å². The summed E-state index contributed by atoms with van der Waals surface area (Å²) in [6, 6.07) is 18.5. The number of thiocarbonyl (C=S) groups is 1. The Labute approximate surface area is 199 Å². The lowest BCUT2D eigenvalue weighted by atomic mass is 10.1. The van der Waals surface area contributed by atoms with Crippen LogP contribution in [0.15, 0.2) is 69.6 Å². The number of fused-ring (bicyclic) bond motifs is 1. The number of carbonyl (C=O) groups excluding carboxylic acids is 1. The molecule has 0 radical (unpaired) electrons. The van der Waals surface area contributed by atoms with E-state index < -0.39 is 0 Å². The Morgan fingerprint density at radius 3 is 2.59 bits per heavy atom. The number of oxazole rings is 1. The van der Waals surface area contributed by atoms with Crippen LogP contribution in [0.25, 0.3) is 22.6 Å². The van der Waals surface area contributed by atoms with Crippen molar-refractivity contribution in [2.75, 3.05) is 12.4 Å². The molecular formula is C24H20BrN3O3S. The fraction of sp³-hybridized carbons (Fsp3) is 0.125. The van der Waals surface area contributed by atoms with Crippen molar-refractivity contribution in [2.24, 2.45) is 0 Å². The highest BCUT2D eigenvalue weighted by Crippen LogP contribution is 2.32. The SMILES string of the molecule is CCc1ccc(C(=O)NC(=S)Nc2ccc3oc(-c4ccc(OC)c(Br)c4)nc3c2)cc1. The molecule has 162 valence electrons. The van der Waals surface area contributed by atoms with Gasteiger partial charge in [-0.1, -0.05) is 19.1 Å². The van der Waals surface area contributed by atoms with Gasteiger partial charge in [0, 0.05) is 16.8 Å². The van der Waals surface area contributed by atoms with Crippen molar-refractivity contribution < 1.29 is 13.9 Å². The largest absolute Gasteiger partial charge is 0.496 e. The third-order valence-corrected chi connectivity index (χ3v) is 5.72. The average molecular weight is 510 g/mol.